The summed E-state index contributed by atoms with van der Waals surface area (Å²) in [5.74, 6) is 0.622. The molecule has 1 aliphatic carbocycles. The minimum absolute atomic E-state index is 0.189. The van der Waals surface area contributed by atoms with Crippen molar-refractivity contribution in [2.75, 3.05) is 0 Å². The van der Waals surface area contributed by atoms with E-state index in [-0.39, 0.29) is 11.4 Å². The number of hydrogen-bond donors (Lipinski definition) is 1. The highest BCUT2D eigenvalue weighted by Crippen LogP contribution is 2.32. The molecule has 1 heterocycles. The Labute approximate surface area is 104 Å². The molecule has 1 fully saturated rings. The van der Waals surface area contributed by atoms with Gasteiger partial charge in [0.2, 0.25) is 11.7 Å². The third kappa shape index (κ3) is 2.13. The first-order valence-corrected chi connectivity index (χ1v) is 6.02. The Bertz CT molecular complexity index is 563. The van der Waals surface area contributed by atoms with E-state index in [1.54, 1.807) is 12.1 Å². The minimum Gasteiger partial charge on any atom is -0.339 e. The minimum atomic E-state index is -0.312. The van der Waals surface area contributed by atoms with Gasteiger partial charge in [0.25, 0.3) is 0 Å². The van der Waals surface area contributed by atoms with Gasteiger partial charge in [-0.05, 0) is 31.4 Å². The van der Waals surface area contributed by atoms with Gasteiger partial charge in [-0.3, -0.25) is 0 Å². The molecule has 2 aromatic rings. The SMILES string of the molecule is NC1(Cc2nc(-c3cccc(F)c3)no2)CCC1. The van der Waals surface area contributed by atoms with Gasteiger partial charge in [-0.2, -0.15) is 4.98 Å². The second-order valence-electron chi connectivity index (χ2n) is 4.91. The van der Waals surface area contributed by atoms with Crippen LogP contribution in [0.2, 0.25) is 0 Å². The zero-order valence-corrected chi connectivity index (χ0v) is 9.90. The Kier molecular flexibility index (Phi) is 2.63. The first kappa shape index (κ1) is 11.3. The van der Waals surface area contributed by atoms with Crippen LogP contribution in [0.1, 0.15) is 25.2 Å². The molecule has 1 saturated carbocycles. The number of aromatic nitrogens is 2. The molecule has 4 nitrogen and oxygen atoms in total. The molecule has 1 aliphatic rings. The summed E-state index contributed by atoms with van der Waals surface area (Å²) in [7, 11) is 0. The number of nitrogens with two attached hydrogens (primary N) is 1. The fraction of sp³-hybridized carbons (Fsp3) is 0.385. The molecule has 94 valence electrons. The van der Waals surface area contributed by atoms with Gasteiger partial charge in [-0.15, -0.1) is 0 Å². The molecule has 5 heteroatoms. The van der Waals surface area contributed by atoms with Crippen molar-refractivity contribution >= 4 is 0 Å². The molecular weight excluding hydrogens is 233 g/mol. The Morgan fingerprint density at radius 1 is 1.39 bits per heavy atom. The highest BCUT2D eigenvalue weighted by Gasteiger charge is 2.34. The number of hydrogen-bond acceptors (Lipinski definition) is 4. The maximum Gasteiger partial charge on any atom is 0.228 e. The van der Waals surface area contributed by atoms with E-state index in [0.29, 0.717) is 23.7 Å². The second-order valence-corrected chi connectivity index (χ2v) is 4.91. The number of rotatable bonds is 3. The lowest BCUT2D eigenvalue weighted by molar-refractivity contribution is 0.222. The molecule has 1 aromatic carbocycles. The maximum absolute atomic E-state index is 13.1. The van der Waals surface area contributed by atoms with Crippen LogP contribution >= 0.6 is 0 Å². The summed E-state index contributed by atoms with van der Waals surface area (Å²) in [5.41, 5.74) is 6.55. The smallest absolute Gasteiger partial charge is 0.228 e. The van der Waals surface area contributed by atoms with Crippen molar-refractivity contribution in [2.45, 2.75) is 31.2 Å². The number of benzene rings is 1. The van der Waals surface area contributed by atoms with Gasteiger partial charge in [-0.25, -0.2) is 4.39 Å². The lowest BCUT2D eigenvalue weighted by Gasteiger charge is -2.36. The molecule has 18 heavy (non-hydrogen) atoms. The van der Waals surface area contributed by atoms with E-state index < -0.39 is 0 Å². The highest BCUT2D eigenvalue weighted by atomic mass is 19.1. The zero-order chi connectivity index (χ0) is 12.6. The number of nitrogens with zero attached hydrogens (tertiary/aromatic N) is 2. The van der Waals surface area contributed by atoms with Gasteiger partial charge < -0.3 is 10.3 Å². The van der Waals surface area contributed by atoms with Crippen molar-refractivity contribution < 1.29 is 8.91 Å². The van der Waals surface area contributed by atoms with Crippen LogP contribution in [0.4, 0.5) is 4.39 Å². The lowest BCUT2D eigenvalue weighted by atomic mass is 9.75. The fourth-order valence-electron chi connectivity index (χ4n) is 2.18. The largest absolute Gasteiger partial charge is 0.339 e. The molecule has 0 saturated heterocycles. The van der Waals surface area contributed by atoms with E-state index >= 15 is 0 Å². The van der Waals surface area contributed by atoms with Crippen LogP contribution in [0.5, 0.6) is 0 Å². The van der Waals surface area contributed by atoms with E-state index in [4.69, 9.17) is 10.3 Å². The predicted molar refractivity (Wildman–Crippen MR) is 64.2 cm³/mol. The van der Waals surface area contributed by atoms with E-state index in [9.17, 15) is 4.39 Å². The van der Waals surface area contributed by atoms with Crippen LogP contribution < -0.4 is 5.73 Å². The second kappa shape index (κ2) is 4.17. The summed E-state index contributed by atoms with van der Waals surface area (Å²) >= 11 is 0. The van der Waals surface area contributed by atoms with Gasteiger partial charge in [0.1, 0.15) is 5.82 Å². The third-order valence-corrected chi connectivity index (χ3v) is 3.40. The Hall–Kier alpha value is -1.75. The first-order chi connectivity index (χ1) is 8.65. The summed E-state index contributed by atoms with van der Waals surface area (Å²) < 4.78 is 18.3. The standard InChI is InChI=1S/C13H14FN3O/c14-10-4-1-3-9(7-10)12-16-11(18-17-12)8-13(15)5-2-6-13/h1,3-4,7H,2,5-6,8,15H2. The van der Waals surface area contributed by atoms with Crippen LogP contribution in [-0.2, 0) is 6.42 Å². The zero-order valence-electron chi connectivity index (χ0n) is 9.90. The monoisotopic (exact) mass is 247 g/mol. The van der Waals surface area contributed by atoms with Gasteiger partial charge in [0.15, 0.2) is 0 Å². The third-order valence-electron chi connectivity index (χ3n) is 3.40. The molecule has 0 bridgehead atoms. The van der Waals surface area contributed by atoms with Gasteiger partial charge >= 0.3 is 0 Å². The van der Waals surface area contributed by atoms with Crippen LogP contribution in [-0.4, -0.2) is 15.7 Å². The molecule has 0 spiro atoms. The van der Waals surface area contributed by atoms with Crippen LogP contribution in [0.3, 0.4) is 0 Å². The topological polar surface area (TPSA) is 64.9 Å². The van der Waals surface area contributed by atoms with Crippen molar-refractivity contribution in [2.24, 2.45) is 5.73 Å². The van der Waals surface area contributed by atoms with Gasteiger partial charge in [0.05, 0.1) is 0 Å². The van der Waals surface area contributed by atoms with Crippen molar-refractivity contribution in [3.8, 4) is 11.4 Å². The molecule has 0 atom stereocenters. The average Bonchev–Trinajstić information content (AvgIpc) is 2.75. The Morgan fingerprint density at radius 2 is 2.22 bits per heavy atom. The van der Waals surface area contributed by atoms with Crippen LogP contribution in [0, 0.1) is 5.82 Å². The summed E-state index contributed by atoms with van der Waals surface area (Å²) in [6.45, 7) is 0. The maximum atomic E-state index is 13.1. The van der Waals surface area contributed by atoms with E-state index in [2.05, 4.69) is 10.1 Å². The summed E-state index contributed by atoms with van der Waals surface area (Å²) in [5, 5.41) is 3.86. The first-order valence-electron chi connectivity index (χ1n) is 6.02. The molecule has 0 radical (unpaired) electrons. The summed E-state index contributed by atoms with van der Waals surface area (Å²) in [6, 6.07) is 6.14. The molecule has 0 amide bonds. The Balaban J connectivity index is 1.81. The van der Waals surface area contributed by atoms with Crippen molar-refractivity contribution in [1.29, 1.82) is 0 Å². The van der Waals surface area contributed by atoms with Crippen molar-refractivity contribution in [1.82, 2.24) is 10.1 Å². The lowest BCUT2D eigenvalue weighted by Crippen LogP contribution is -2.48. The normalized spacial score (nSPS) is 17.4. The van der Waals surface area contributed by atoms with Crippen molar-refractivity contribution in [3.63, 3.8) is 0 Å². The van der Waals surface area contributed by atoms with Gasteiger partial charge in [-0.1, -0.05) is 17.3 Å². The van der Waals surface area contributed by atoms with Crippen molar-refractivity contribution in [3.05, 3.63) is 36.0 Å². The molecule has 3 rings (SSSR count). The van der Waals surface area contributed by atoms with Crippen LogP contribution in [0.25, 0.3) is 11.4 Å². The van der Waals surface area contributed by atoms with E-state index in [1.807, 2.05) is 0 Å². The van der Waals surface area contributed by atoms with Gasteiger partial charge in [0, 0.05) is 17.5 Å². The predicted octanol–water partition coefficient (Wildman–Crippen LogP) is 2.30. The highest BCUT2D eigenvalue weighted by molar-refractivity contribution is 5.53. The van der Waals surface area contributed by atoms with E-state index in [0.717, 1.165) is 19.3 Å². The fourth-order valence-corrected chi connectivity index (χ4v) is 2.18. The molecule has 0 unspecified atom stereocenters. The summed E-state index contributed by atoms with van der Waals surface area (Å²) in [4.78, 5) is 4.26. The number of halogens is 1. The van der Waals surface area contributed by atoms with E-state index in [1.165, 1.54) is 12.1 Å². The molecule has 0 aliphatic heterocycles. The molecular formula is C13H14FN3O. The van der Waals surface area contributed by atoms with Crippen LogP contribution in [0.15, 0.2) is 28.8 Å². The Morgan fingerprint density at radius 3 is 2.89 bits per heavy atom. The summed E-state index contributed by atoms with van der Waals surface area (Å²) in [6.07, 6.45) is 3.73. The molecule has 2 N–H and O–H groups in total. The molecule has 1 aromatic heterocycles. The average molecular weight is 247 g/mol. The quantitative estimate of drug-likeness (QED) is 0.903.